The summed E-state index contributed by atoms with van der Waals surface area (Å²) in [5.41, 5.74) is 3.14. The number of carbonyl (C=O) groups is 1. The molecule has 1 aromatic rings. The van der Waals surface area contributed by atoms with Crippen LogP contribution in [0.25, 0.3) is 0 Å². The lowest BCUT2D eigenvalue weighted by molar-refractivity contribution is -0.131. The van der Waals surface area contributed by atoms with Crippen molar-refractivity contribution >= 4 is 14.3 Å². The largest absolute Gasteiger partial charge is 0.515 e. The number of rotatable bonds is 6. The van der Waals surface area contributed by atoms with Crippen LogP contribution in [0.5, 0.6) is 0 Å². The Hall–Kier alpha value is -1.35. The van der Waals surface area contributed by atoms with Crippen molar-refractivity contribution in [2.45, 2.75) is 88.3 Å². The third-order valence-electron chi connectivity index (χ3n) is 6.55. The molecule has 2 nitrogen and oxygen atoms in total. The lowest BCUT2D eigenvalue weighted by Gasteiger charge is -2.46. The van der Waals surface area contributed by atoms with Crippen LogP contribution >= 0.6 is 0 Å². The number of benzene rings is 1. The molecule has 2 saturated carbocycles. The van der Waals surface area contributed by atoms with Gasteiger partial charge in [-0.2, -0.15) is 0 Å². The van der Waals surface area contributed by atoms with Crippen molar-refractivity contribution in [2.75, 3.05) is 0 Å². The molecular weight excluding hydrogens is 336 g/mol. The molecular formula is C23H34O2Si. The Labute approximate surface area is 160 Å². The maximum atomic E-state index is 12.7. The third kappa shape index (κ3) is 4.48. The fraction of sp³-hybridized carbons (Fsp3) is 0.609. The standard InChI is InChI=1S/C23H34O2Si/c1-19(2)23(24)25-26(21-14-8-4-9-15-21,22-16-10-5-11-17-22)18-20-12-6-3-7-13-20/h3,6-7,12-13,21-22H,1,4-5,8-11,14-18H2,2H3. The van der Waals surface area contributed by atoms with Crippen LogP contribution in [0.2, 0.25) is 11.1 Å². The van der Waals surface area contributed by atoms with E-state index >= 15 is 0 Å². The number of hydrogen-bond acceptors (Lipinski definition) is 2. The number of carbonyl (C=O) groups excluding carboxylic acids is 1. The third-order valence-corrected chi connectivity index (χ3v) is 12.0. The van der Waals surface area contributed by atoms with Crippen LogP contribution in [0.15, 0.2) is 42.5 Å². The van der Waals surface area contributed by atoms with Gasteiger partial charge in [0, 0.05) is 11.6 Å². The summed E-state index contributed by atoms with van der Waals surface area (Å²) in [6.45, 7) is 5.68. The molecule has 0 radical (unpaired) electrons. The van der Waals surface area contributed by atoms with Gasteiger partial charge in [-0.3, -0.25) is 0 Å². The van der Waals surface area contributed by atoms with E-state index in [2.05, 4.69) is 36.9 Å². The minimum Gasteiger partial charge on any atom is -0.515 e. The fourth-order valence-electron chi connectivity index (χ4n) is 5.18. The second-order valence-corrected chi connectivity index (χ2v) is 12.6. The van der Waals surface area contributed by atoms with Gasteiger partial charge < -0.3 is 4.43 Å². The van der Waals surface area contributed by atoms with Crippen molar-refractivity contribution in [3.8, 4) is 0 Å². The molecule has 2 aliphatic rings. The molecule has 0 aliphatic heterocycles. The van der Waals surface area contributed by atoms with Crippen LogP contribution < -0.4 is 0 Å². The van der Waals surface area contributed by atoms with Crippen molar-refractivity contribution in [1.29, 1.82) is 0 Å². The summed E-state index contributed by atoms with van der Waals surface area (Å²) in [6, 6.07) is 11.8. The highest BCUT2D eigenvalue weighted by Gasteiger charge is 2.52. The molecule has 0 heterocycles. The molecule has 1 aromatic carbocycles. The summed E-state index contributed by atoms with van der Waals surface area (Å²) < 4.78 is 6.58. The predicted octanol–water partition coefficient (Wildman–Crippen LogP) is 6.50. The average Bonchev–Trinajstić information content (AvgIpc) is 2.69. The monoisotopic (exact) mass is 370 g/mol. The Balaban J connectivity index is 1.98. The topological polar surface area (TPSA) is 26.3 Å². The van der Waals surface area contributed by atoms with Gasteiger partial charge in [0.1, 0.15) is 0 Å². The predicted molar refractivity (Wildman–Crippen MR) is 110 cm³/mol. The van der Waals surface area contributed by atoms with E-state index in [1.807, 2.05) is 0 Å². The minimum atomic E-state index is -2.27. The van der Waals surface area contributed by atoms with Crippen molar-refractivity contribution in [2.24, 2.45) is 0 Å². The molecule has 26 heavy (non-hydrogen) atoms. The van der Waals surface area contributed by atoms with E-state index in [1.165, 1.54) is 69.8 Å². The molecule has 0 bridgehead atoms. The quantitative estimate of drug-likeness (QED) is 0.422. The van der Waals surface area contributed by atoms with Gasteiger partial charge in [-0.1, -0.05) is 75.4 Å². The molecule has 0 N–H and O–H groups in total. The molecule has 2 aliphatic carbocycles. The molecule has 3 heteroatoms. The second-order valence-electron chi connectivity index (χ2n) is 8.46. The van der Waals surface area contributed by atoms with Gasteiger partial charge in [-0.15, -0.1) is 0 Å². The first kappa shape index (κ1) is 19.4. The minimum absolute atomic E-state index is 0.135. The summed E-state index contributed by atoms with van der Waals surface area (Å²) in [4.78, 5) is 12.7. The highest BCUT2D eigenvalue weighted by atomic mass is 28.4. The second kappa shape index (κ2) is 9.03. The lowest BCUT2D eigenvalue weighted by atomic mass is 9.99. The summed E-state index contributed by atoms with van der Waals surface area (Å²) in [5, 5.41) is 0. The maximum absolute atomic E-state index is 12.7. The average molecular weight is 371 g/mol. The Morgan fingerprint density at radius 1 is 0.962 bits per heavy atom. The summed E-state index contributed by atoms with van der Waals surface area (Å²) in [7, 11) is -2.27. The Morgan fingerprint density at radius 2 is 1.46 bits per heavy atom. The van der Waals surface area contributed by atoms with E-state index in [0.717, 1.165) is 6.04 Å². The van der Waals surface area contributed by atoms with Crippen LogP contribution in [0, 0.1) is 0 Å². The lowest BCUT2D eigenvalue weighted by Crippen LogP contribution is -2.53. The zero-order valence-corrected chi connectivity index (χ0v) is 17.3. The molecule has 0 unspecified atom stereocenters. The van der Waals surface area contributed by atoms with Gasteiger partial charge in [0.25, 0.3) is 8.32 Å². The normalized spacial score (nSPS) is 19.9. The van der Waals surface area contributed by atoms with Crippen LogP contribution in [-0.2, 0) is 15.3 Å². The zero-order valence-electron chi connectivity index (χ0n) is 16.3. The number of hydrogen-bond donors (Lipinski definition) is 0. The molecule has 0 aromatic heterocycles. The first-order chi connectivity index (χ1) is 12.6. The molecule has 2 fully saturated rings. The Morgan fingerprint density at radius 3 is 1.92 bits per heavy atom. The van der Waals surface area contributed by atoms with Gasteiger partial charge in [-0.05, 0) is 49.3 Å². The highest BCUT2D eigenvalue weighted by Crippen LogP contribution is 2.50. The van der Waals surface area contributed by atoms with Crippen molar-refractivity contribution in [3.63, 3.8) is 0 Å². The highest BCUT2D eigenvalue weighted by molar-refractivity contribution is 6.77. The van der Waals surface area contributed by atoms with Crippen LogP contribution in [0.1, 0.15) is 76.7 Å². The van der Waals surface area contributed by atoms with Crippen molar-refractivity contribution < 1.29 is 9.22 Å². The molecule has 0 atom stereocenters. The van der Waals surface area contributed by atoms with Crippen LogP contribution in [0.3, 0.4) is 0 Å². The molecule has 0 saturated heterocycles. The van der Waals surface area contributed by atoms with Crippen LogP contribution in [0.4, 0.5) is 0 Å². The van der Waals surface area contributed by atoms with Gasteiger partial charge >= 0.3 is 5.97 Å². The SMILES string of the molecule is C=C(C)C(=O)O[Si](Cc1ccccc1)(C1CCCCC1)C1CCCCC1. The summed E-state index contributed by atoms with van der Waals surface area (Å²) in [5.74, 6) is -0.135. The van der Waals surface area contributed by atoms with Crippen molar-refractivity contribution in [1.82, 2.24) is 0 Å². The van der Waals surface area contributed by atoms with E-state index in [4.69, 9.17) is 4.43 Å². The summed E-state index contributed by atoms with van der Waals surface area (Å²) >= 11 is 0. The molecule has 0 spiro atoms. The first-order valence-corrected chi connectivity index (χ1v) is 12.8. The van der Waals surface area contributed by atoms with Gasteiger partial charge in [0.2, 0.25) is 0 Å². The fourth-order valence-corrected chi connectivity index (χ4v) is 11.0. The van der Waals surface area contributed by atoms with E-state index in [9.17, 15) is 4.79 Å². The molecule has 3 rings (SSSR count). The first-order valence-electron chi connectivity index (χ1n) is 10.5. The van der Waals surface area contributed by atoms with E-state index in [1.54, 1.807) is 6.92 Å². The molecule has 0 amide bonds. The van der Waals surface area contributed by atoms with Gasteiger partial charge in [0.15, 0.2) is 0 Å². The van der Waals surface area contributed by atoms with Crippen LogP contribution in [-0.4, -0.2) is 14.3 Å². The van der Waals surface area contributed by atoms with E-state index in [-0.39, 0.29) is 5.97 Å². The Bertz CT molecular complexity index is 580. The zero-order chi connectivity index (χ0) is 18.4. The van der Waals surface area contributed by atoms with Crippen molar-refractivity contribution in [3.05, 3.63) is 48.0 Å². The maximum Gasteiger partial charge on any atom is 0.319 e. The Kier molecular flexibility index (Phi) is 6.74. The molecule has 142 valence electrons. The van der Waals surface area contributed by atoms with Gasteiger partial charge in [-0.25, -0.2) is 4.79 Å². The van der Waals surface area contributed by atoms with E-state index < -0.39 is 8.32 Å². The van der Waals surface area contributed by atoms with Gasteiger partial charge in [0.05, 0.1) is 0 Å². The smallest absolute Gasteiger partial charge is 0.319 e. The van der Waals surface area contributed by atoms with E-state index in [0.29, 0.717) is 16.7 Å². The summed E-state index contributed by atoms with van der Waals surface area (Å²) in [6.07, 6.45) is 12.9.